The van der Waals surface area contributed by atoms with Crippen LogP contribution in [-0.2, 0) is 4.79 Å². The van der Waals surface area contributed by atoms with Crippen LogP contribution in [0.3, 0.4) is 0 Å². The molecule has 104 valence electrons. The lowest BCUT2D eigenvalue weighted by atomic mass is 10.1. The highest BCUT2D eigenvalue weighted by atomic mass is 32.2. The lowest BCUT2D eigenvalue weighted by molar-refractivity contribution is -0.130. The number of aromatic nitrogens is 1. The van der Waals surface area contributed by atoms with Crippen LogP contribution < -0.4 is 10.5 Å². The molecule has 1 aromatic rings. The van der Waals surface area contributed by atoms with E-state index in [1.807, 2.05) is 6.92 Å². The largest absolute Gasteiger partial charge is 0.476 e. The van der Waals surface area contributed by atoms with Gasteiger partial charge in [0.1, 0.15) is 5.75 Å². The van der Waals surface area contributed by atoms with Crippen molar-refractivity contribution in [3.8, 4) is 5.75 Å². The van der Waals surface area contributed by atoms with Gasteiger partial charge in [0.2, 0.25) is 0 Å². The fourth-order valence-corrected chi connectivity index (χ4v) is 2.04. The topological polar surface area (TPSA) is 103 Å². The van der Waals surface area contributed by atoms with E-state index in [2.05, 4.69) is 4.98 Å². The number of rotatable bonds is 6. The maximum absolute atomic E-state index is 11.2. The Labute approximate surface area is 115 Å². The molecule has 0 radical (unpaired) electrons. The Balaban J connectivity index is 3.08. The predicted octanol–water partition coefficient (Wildman–Crippen LogP) is 1.53. The number of primary amides is 1. The normalized spacial score (nSPS) is 11.1. The number of pyridine rings is 1. The van der Waals surface area contributed by atoms with Gasteiger partial charge in [0.15, 0.2) is 11.3 Å². The molecule has 0 fully saturated rings. The summed E-state index contributed by atoms with van der Waals surface area (Å²) in [5.41, 5.74) is 4.00. The van der Waals surface area contributed by atoms with Gasteiger partial charge in [-0.2, -0.15) is 0 Å². The highest BCUT2D eigenvalue weighted by Gasteiger charge is 2.27. The number of carboxylic acid groups (broad SMARTS) is 1. The third-order valence-electron chi connectivity index (χ3n) is 2.30. The minimum absolute atomic E-state index is 0.0314. The molecular formula is C12H16N2O4S. The molecule has 7 heteroatoms. The predicted molar refractivity (Wildman–Crippen MR) is 71.5 cm³/mol. The van der Waals surface area contributed by atoms with Crippen molar-refractivity contribution in [1.29, 1.82) is 0 Å². The minimum atomic E-state index is -1.18. The van der Waals surface area contributed by atoms with E-state index in [0.29, 0.717) is 16.4 Å². The van der Waals surface area contributed by atoms with Crippen molar-refractivity contribution in [3.05, 3.63) is 18.0 Å². The van der Waals surface area contributed by atoms with Gasteiger partial charge in [0, 0.05) is 4.90 Å². The lowest BCUT2D eigenvalue weighted by Crippen LogP contribution is -2.43. The lowest BCUT2D eigenvalue weighted by Gasteiger charge is -2.22. The van der Waals surface area contributed by atoms with Crippen LogP contribution in [0.15, 0.2) is 17.2 Å². The summed E-state index contributed by atoms with van der Waals surface area (Å²) < 4.78 is 5.44. The quantitative estimate of drug-likeness (QED) is 0.768. The average Bonchev–Trinajstić information content (AvgIpc) is 2.28. The van der Waals surface area contributed by atoms with E-state index in [9.17, 15) is 9.59 Å². The first kappa shape index (κ1) is 15.3. The van der Waals surface area contributed by atoms with Crippen LogP contribution in [0, 0.1) is 0 Å². The highest BCUT2D eigenvalue weighted by Crippen LogP contribution is 2.27. The summed E-state index contributed by atoms with van der Waals surface area (Å²) >= 11 is 1.34. The molecule has 1 aromatic heterocycles. The standard InChI is InChI=1S/C12H16N2O4S/c1-4-19-8-5-7(6-14-9(8)10(15)16)18-12(2,3)11(13)17/h5-6H,4H2,1-3H3,(H2,13,17)(H,15,16). The summed E-state index contributed by atoms with van der Waals surface area (Å²) in [6.07, 6.45) is 1.27. The first-order valence-corrected chi connectivity index (χ1v) is 6.61. The number of nitrogens with two attached hydrogens (primary N) is 1. The van der Waals surface area contributed by atoms with E-state index in [4.69, 9.17) is 15.6 Å². The monoisotopic (exact) mass is 284 g/mol. The Morgan fingerprint density at radius 3 is 2.63 bits per heavy atom. The summed E-state index contributed by atoms with van der Waals surface area (Å²) in [5.74, 6) is -0.703. The number of hydrogen-bond donors (Lipinski definition) is 2. The van der Waals surface area contributed by atoms with Gasteiger partial charge in [-0.15, -0.1) is 11.8 Å². The van der Waals surface area contributed by atoms with Crippen LogP contribution in [0.5, 0.6) is 5.75 Å². The van der Waals surface area contributed by atoms with E-state index in [1.54, 1.807) is 6.07 Å². The van der Waals surface area contributed by atoms with E-state index < -0.39 is 17.5 Å². The third kappa shape index (κ3) is 3.85. The second-order valence-electron chi connectivity index (χ2n) is 4.23. The summed E-state index contributed by atoms with van der Waals surface area (Å²) in [7, 11) is 0. The maximum Gasteiger partial charge on any atom is 0.355 e. The minimum Gasteiger partial charge on any atom is -0.476 e. The molecule has 0 atom stereocenters. The number of aromatic carboxylic acids is 1. The fraction of sp³-hybridized carbons (Fsp3) is 0.417. The molecule has 0 saturated heterocycles. The van der Waals surface area contributed by atoms with Crippen LogP contribution >= 0.6 is 11.8 Å². The molecule has 1 heterocycles. The molecule has 0 saturated carbocycles. The third-order valence-corrected chi connectivity index (χ3v) is 3.21. The van der Waals surface area contributed by atoms with Gasteiger partial charge < -0.3 is 15.6 Å². The van der Waals surface area contributed by atoms with Crippen LogP contribution in [-0.4, -0.2) is 33.3 Å². The van der Waals surface area contributed by atoms with Crippen molar-refractivity contribution in [3.63, 3.8) is 0 Å². The summed E-state index contributed by atoms with van der Waals surface area (Å²) in [5, 5.41) is 9.01. The van der Waals surface area contributed by atoms with Gasteiger partial charge in [0.25, 0.3) is 5.91 Å². The first-order valence-electron chi connectivity index (χ1n) is 5.63. The summed E-state index contributed by atoms with van der Waals surface area (Å²) in [4.78, 5) is 26.5. The SMILES string of the molecule is CCSc1cc(OC(C)(C)C(N)=O)cnc1C(=O)O. The smallest absolute Gasteiger partial charge is 0.355 e. The molecule has 0 aromatic carbocycles. The number of hydrogen-bond acceptors (Lipinski definition) is 5. The molecule has 0 bridgehead atoms. The molecule has 0 aliphatic carbocycles. The first-order chi connectivity index (χ1) is 8.77. The molecule has 0 spiro atoms. The molecule has 1 rings (SSSR count). The van der Waals surface area contributed by atoms with Gasteiger partial charge in [-0.05, 0) is 25.7 Å². The van der Waals surface area contributed by atoms with Crippen molar-refractivity contribution in [2.45, 2.75) is 31.3 Å². The number of carbonyl (C=O) groups is 2. The van der Waals surface area contributed by atoms with Gasteiger partial charge in [-0.25, -0.2) is 9.78 Å². The average molecular weight is 284 g/mol. The van der Waals surface area contributed by atoms with Crippen molar-refractivity contribution in [2.24, 2.45) is 5.73 Å². The van der Waals surface area contributed by atoms with Crippen LogP contribution in [0.1, 0.15) is 31.3 Å². The number of amides is 1. The van der Waals surface area contributed by atoms with Gasteiger partial charge in [-0.1, -0.05) is 6.92 Å². The molecule has 6 nitrogen and oxygen atoms in total. The zero-order valence-electron chi connectivity index (χ0n) is 11.0. The Kier molecular flexibility index (Phi) is 4.77. The summed E-state index contributed by atoms with van der Waals surface area (Å²) in [6.45, 7) is 4.97. The molecule has 3 N–H and O–H groups in total. The fourth-order valence-electron chi connectivity index (χ4n) is 1.25. The number of ether oxygens (including phenoxy) is 1. The van der Waals surface area contributed by atoms with Crippen molar-refractivity contribution in [2.75, 3.05) is 5.75 Å². The second kappa shape index (κ2) is 5.92. The number of carbonyl (C=O) groups excluding carboxylic acids is 1. The van der Waals surface area contributed by atoms with E-state index in [1.165, 1.54) is 31.8 Å². The Morgan fingerprint density at radius 2 is 2.16 bits per heavy atom. The number of carboxylic acids is 1. The van der Waals surface area contributed by atoms with Crippen LogP contribution in [0.25, 0.3) is 0 Å². The Morgan fingerprint density at radius 1 is 1.53 bits per heavy atom. The maximum atomic E-state index is 11.2. The van der Waals surface area contributed by atoms with Gasteiger partial charge >= 0.3 is 5.97 Å². The molecule has 0 aliphatic heterocycles. The Hall–Kier alpha value is -1.76. The van der Waals surface area contributed by atoms with Gasteiger partial charge in [0.05, 0.1) is 6.20 Å². The van der Waals surface area contributed by atoms with E-state index in [-0.39, 0.29) is 5.69 Å². The zero-order valence-corrected chi connectivity index (χ0v) is 11.8. The molecule has 0 aliphatic rings. The number of thioether (sulfide) groups is 1. The van der Waals surface area contributed by atoms with E-state index >= 15 is 0 Å². The van der Waals surface area contributed by atoms with Crippen LogP contribution in [0.2, 0.25) is 0 Å². The van der Waals surface area contributed by atoms with Crippen molar-refractivity contribution >= 4 is 23.6 Å². The molecule has 0 unspecified atom stereocenters. The summed E-state index contributed by atoms with van der Waals surface area (Å²) in [6, 6.07) is 1.55. The van der Waals surface area contributed by atoms with Crippen molar-refractivity contribution in [1.82, 2.24) is 4.98 Å². The molecule has 19 heavy (non-hydrogen) atoms. The second-order valence-corrected chi connectivity index (χ2v) is 5.54. The number of nitrogens with zero attached hydrogens (tertiary/aromatic N) is 1. The molecule has 1 amide bonds. The van der Waals surface area contributed by atoms with Crippen molar-refractivity contribution < 1.29 is 19.4 Å². The van der Waals surface area contributed by atoms with Crippen LogP contribution in [0.4, 0.5) is 0 Å². The zero-order chi connectivity index (χ0) is 14.6. The highest BCUT2D eigenvalue weighted by molar-refractivity contribution is 7.99. The molecular weight excluding hydrogens is 268 g/mol. The van der Waals surface area contributed by atoms with E-state index in [0.717, 1.165) is 0 Å². The Bertz CT molecular complexity index is 503. The van der Waals surface area contributed by atoms with Gasteiger partial charge in [-0.3, -0.25) is 4.79 Å².